The molecule has 0 aliphatic heterocycles. The number of halogens is 4. The van der Waals surface area contributed by atoms with Crippen molar-refractivity contribution in [1.82, 2.24) is 5.32 Å². The maximum absolute atomic E-state index is 6.29. The maximum atomic E-state index is 6.29. The molecule has 1 unspecified atom stereocenters. The zero-order valence-electron chi connectivity index (χ0n) is 11.4. The van der Waals surface area contributed by atoms with Gasteiger partial charge in [-0.05, 0) is 43.1 Å². The van der Waals surface area contributed by atoms with Crippen molar-refractivity contribution in [3.05, 3.63) is 54.1 Å². The smallest absolute Gasteiger partial charge is 0.0992 e. The van der Waals surface area contributed by atoms with Crippen molar-refractivity contribution < 1.29 is 0 Å². The third-order valence-electron chi connectivity index (χ3n) is 3.14. The molecular weight excluding hydrogens is 368 g/mol. The Balaban J connectivity index is 2.26. The molecule has 1 atom stereocenters. The van der Waals surface area contributed by atoms with Crippen molar-refractivity contribution in [3.63, 3.8) is 0 Å². The third-order valence-corrected chi connectivity index (χ3v) is 5.24. The van der Waals surface area contributed by atoms with Crippen molar-refractivity contribution >= 4 is 57.7 Å². The van der Waals surface area contributed by atoms with Gasteiger partial charge >= 0.3 is 0 Å². The van der Waals surface area contributed by atoms with Gasteiger partial charge in [0.1, 0.15) is 0 Å². The molecular formula is C15H15Cl4NS. The Hall–Kier alpha value is 0.0400. The summed E-state index contributed by atoms with van der Waals surface area (Å²) in [6.07, 6.45) is 1.78. The van der Waals surface area contributed by atoms with Gasteiger partial charge in [0.15, 0.2) is 0 Å². The summed E-state index contributed by atoms with van der Waals surface area (Å²) in [6, 6.07) is 7.57. The summed E-state index contributed by atoms with van der Waals surface area (Å²) in [5.41, 5.74) is 2.05. The second kappa shape index (κ2) is 8.05. The van der Waals surface area contributed by atoms with Gasteiger partial charge in [-0.25, -0.2) is 0 Å². The van der Waals surface area contributed by atoms with Gasteiger partial charge in [0.05, 0.1) is 8.67 Å². The molecule has 1 nitrogen and oxygen atoms in total. The highest BCUT2D eigenvalue weighted by molar-refractivity contribution is 7.20. The monoisotopic (exact) mass is 381 g/mol. The number of rotatable bonds is 6. The summed E-state index contributed by atoms with van der Waals surface area (Å²) in [4.78, 5) is 0. The van der Waals surface area contributed by atoms with E-state index in [1.807, 2.05) is 18.2 Å². The van der Waals surface area contributed by atoms with Crippen molar-refractivity contribution in [2.24, 2.45) is 0 Å². The van der Waals surface area contributed by atoms with Gasteiger partial charge < -0.3 is 5.32 Å². The first kappa shape index (κ1) is 17.4. The fraction of sp³-hybridized carbons (Fsp3) is 0.333. The second-order valence-electron chi connectivity index (χ2n) is 4.73. The molecule has 2 rings (SSSR count). The minimum Gasteiger partial charge on any atom is -0.310 e. The van der Waals surface area contributed by atoms with E-state index in [1.165, 1.54) is 11.3 Å². The number of hydrogen-bond donors (Lipinski definition) is 1. The zero-order chi connectivity index (χ0) is 15.4. The van der Waals surface area contributed by atoms with E-state index < -0.39 is 0 Å². The van der Waals surface area contributed by atoms with Gasteiger partial charge in [-0.3, -0.25) is 0 Å². The fourth-order valence-corrected chi connectivity index (χ4v) is 4.17. The van der Waals surface area contributed by atoms with Crippen LogP contribution in [-0.4, -0.2) is 6.54 Å². The highest BCUT2D eigenvalue weighted by Gasteiger charge is 2.19. The van der Waals surface area contributed by atoms with Crippen LogP contribution in [0.1, 0.15) is 30.5 Å². The third kappa shape index (κ3) is 4.75. The van der Waals surface area contributed by atoms with Gasteiger partial charge in [0.2, 0.25) is 0 Å². The summed E-state index contributed by atoms with van der Waals surface area (Å²) < 4.78 is 1.42. The summed E-state index contributed by atoms with van der Waals surface area (Å²) in [5, 5.41) is 4.81. The lowest BCUT2D eigenvalue weighted by molar-refractivity contribution is 0.531. The molecule has 21 heavy (non-hydrogen) atoms. The molecule has 114 valence electrons. The molecule has 1 aromatic carbocycles. The Morgan fingerprint density at radius 1 is 1.14 bits per heavy atom. The molecule has 0 saturated carbocycles. The Bertz CT molecular complexity index is 612. The number of nitrogens with one attached hydrogen (secondary N) is 1. The second-order valence-corrected chi connectivity index (χ2v) is 7.86. The molecule has 6 heteroatoms. The Kier molecular flexibility index (Phi) is 6.67. The van der Waals surface area contributed by atoms with E-state index in [4.69, 9.17) is 46.4 Å². The average Bonchev–Trinajstić information content (AvgIpc) is 2.76. The average molecular weight is 383 g/mol. The maximum Gasteiger partial charge on any atom is 0.0992 e. The van der Waals surface area contributed by atoms with Crippen molar-refractivity contribution in [2.45, 2.75) is 25.8 Å². The largest absolute Gasteiger partial charge is 0.310 e. The molecule has 0 aliphatic rings. The highest BCUT2D eigenvalue weighted by Crippen LogP contribution is 2.37. The lowest BCUT2D eigenvalue weighted by Crippen LogP contribution is -2.24. The van der Waals surface area contributed by atoms with Crippen LogP contribution in [0, 0.1) is 0 Å². The quantitative estimate of drug-likeness (QED) is 0.589. The topological polar surface area (TPSA) is 12.0 Å². The van der Waals surface area contributed by atoms with Crippen LogP contribution in [0.2, 0.25) is 18.7 Å². The zero-order valence-corrected chi connectivity index (χ0v) is 15.3. The summed E-state index contributed by atoms with van der Waals surface area (Å²) in [5.74, 6) is 0. The number of hydrogen-bond acceptors (Lipinski definition) is 2. The van der Waals surface area contributed by atoms with E-state index in [0.29, 0.717) is 14.4 Å². The Labute approximate surface area is 149 Å². The van der Waals surface area contributed by atoms with E-state index in [-0.39, 0.29) is 6.04 Å². The van der Waals surface area contributed by atoms with Gasteiger partial charge in [0, 0.05) is 21.7 Å². The standard InChI is InChI=1S/C15H15Cl4NS/c1-2-5-20-13(11-8-14(18)21-15(11)19)6-9-3-4-10(16)7-12(9)17/h3-4,7-8,13,20H,2,5-6H2,1H3. The molecule has 1 heterocycles. The predicted octanol–water partition coefficient (Wildman–Crippen LogP) is 6.65. The molecule has 0 radical (unpaired) electrons. The number of thiophene rings is 1. The number of benzene rings is 1. The van der Waals surface area contributed by atoms with Crippen molar-refractivity contribution in [2.75, 3.05) is 6.54 Å². The first-order valence-electron chi connectivity index (χ1n) is 6.63. The van der Waals surface area contributed by atoms with E-state index in [1.54, 1.807) is 6.07 Å². The Morgan fingerprint density at radius 3 is 2.48 bits per heavy atom. The highest BCUT2D eigenvalue weighted by atomic mass is 35.5. The molecule has 0 saturated heterocycles. The molecule has 2 aromatic rings. The van der Waals surface area contributed by atoms with Crippen LogP contribution in [-0.2, 0) is 6.42 Å². The van der Waals surface area contributed by atoms with E-state index >= 15 is 0 Å². The first-order chi connectivity index (χ1) is 10.0. The SMILES string of the molecule is CCCNC(Cc1ccc(Cl)cc1Cl)c1cc(Cl)sc1Cl. The minimum atomic E-state index is 0.0832. The molecule has 1 N–H and O–H groups in total. The normalized spacial score (nSPS) is 12.6. The van der Waals surface area contributed by atoms with Crippen LogP contribution >= 0.6 is 57.7 Å². The van der Waals surface area contributed by atoms with Gasteiger partial charge in [-0.1, -0.05) is 59.4 Å². The van der Waals surface area contributed by atoms with E-state index in [9.17, 15) is 0 Å². The summed E-state index contributed by atoms with van der Waals surface area (Å²) in [6.45, 7) is 3.03. The lowest BCUT2D eigenvalue weighted by atomic mass is 10.0. The molecule has 0 bridgehead atoms. The first-order valence-corrected chi connectivity index (χ1v) is 8.96. The molecule has 0 spiro atoms. The van der Waals surface area contributed by atoms with Crippen LogP contribution in [0.25, 0.3) is 0 Å². The van der Waals surface area contributed by atoms with Crippen LogP contribution in [0.4, 0.5) is 0 Å². The predicted molar refractivity (Wildman–Crippen MR) is 95.5 cm³/mol. The van der Waals surface area contributed by atoms with Crippen molar-refractivity contribution in [1.29, 1.82) is 0 Å². The lowest BCUT2D eigenvalue weighted by Gasteiger charge is -2.19. The summed E-state index contributed by atoms with van der Waals surface area (Å²) in [7, 11) is 0. The molecule has 0 aliphatic carbocycles. The molecule has 0 fully saturated rings. The summed E-state index contributed by atoms with van der Waals surface area (Å²) >= 11 is 26.0. The molecule has 0 amide bonds. The van der Waals surface area contributed by atoms with Crippen LogP contribution < -0.4 is 5.32 Å². The minimum absolute atomic E-state index is 0.0832. The Morgan fingerprint density at radius 2 is 1.90 bits per heavy atom. The van der Waals surface area contributed by atoms with Crippen LogP contribution in [0.3, 0.4) is 0 Å². The van der Waals surface area contributed by atoms with Gasteiger partial charge in [-0.2, -0.15) is 0 Å². The van der Waals surface area contributed by atoms with Crippen LogP contribution in [0.15, 0.2) is 24.3 Å². The van der Waals surface area contributed by atoms with E-state index in [0.717, 1.165) is 34.8 Å². The van der Waals surface area contributed by atoms with Gasteiger partial charge in [-0.15, -0.1) is 11.3 Å². The van der Waals surface area contributed by atoms with Crippen LogP contribution in [0.5, 0.6) is 0 Å². The molecule has 1 aromatic heterocycles. The van der Waals surface area contributed by atoms with Crippen molar-refractivity contribution in [3.8, 4) is 0 Å². The fourth-order valence-electron chi connectivity index (χ4n) is 2.11. The van der Waals surface area contributed by atoms with Gasteiger partial charge in [0.25, 0.3) is 0 Å². The van der Waals surface area contributed by atoms with E-state index in [2.05, 4.69) is 12.2 Å².